The van der Waals surface area contributed by atoms with E-state index in [0.717, 1.165) is 31.9 Å². The molecular weight excluding hydrogens is 454 g/mol. The number of carbonyl (C=O) groups excluding carboxylic acids is 1. The van der Waals surface area contributed by atoms with Crippen molar-refractivity contribution in [1.82, 2.24) is 14.5 Å². The fourth-order valence-electron chi connectivity index (χ4n) is 4.11. The molecule has 1 aliphatic carbocycles. The number of ketones is 1. The van der Waals surface area contributed by atoms with Crippen LogP contribution in [-0.2, 0) is 19.9 Å². The van der Waals surface area contributed by atoms with E-state index in [-0.39, 0.29) is 28.9 Å². The highest BCUT2D eigenvalue weighted by atomic mass is 32.3. The number of sulfonamides is 1. The van der Waals surface area contributed by atoms with Crippen molar-refractivity contribution >= 4 is 48.2 Å². The molecule has 12 heteroatoms. The van der Waals surface area contributed by atoms with E-state index in [1.54, 1.807) is 12.3 Å². The van der Waals surface area contributed by atoms with Crippen molar-refractivity contribution in [2.75, 3.05) is 21.8 Å². The number of nitrogens with zero attached hydrogens (tertiary/aromatic N) is 3. The molecule has 0 radical (unpaired) electrons. The van der Waals surface area contributed by atoms with E-state index in [1.165, 1.54) is 24.5 Å². The number of fused-ring (bicyclic) bond motifs is 1. The van der Waals surface area contributed by atoms with E-state index in [0.29, 0.717) is 16.6 Å². The van der Waals surface area contributed by atoms with Crippen LogP contribution in [0.3, 0.4) is 0 Å². The van der Waals surface area contributed by atoms with Gasteiger partial charge in [0.1, 0.15) is 17.8 Å². The summed E-state index contributed by atoms with van der Waals surface area (Å²) in [6, 6.07) is 6.09. The number of aromatic nitrogens is 3. The molecule has 0 saturated heterocycles. The van der Waals surface area contributed by atoms with Crippen LogP contribution in [0, 0.1) is 0 Å². The van der Waals surface area contributed by atoms with Gasteiger partial charge in [-0.15, -0.1) is 0 Å². The summed E-state index contributed by atoms with van der Waals surface area (Å²) in [5.41, 5.74) is 7.33. The number of sulfone groups is 1. The van der Waals surface area contributed by atoms with Crippen molar-refractivity contribution in [2.45, 2.75) is 31.7 Å². The maximum Gasteiger partial charge on any atom is 0.247 e. The largest absolute Gasteiger partial charge is 0.383 e. The second-order valence-electron chi connectivity index (χ2n) is 8.02. The highest BCUT2D eigenvalue weighted by Gasteiger charge is 2.26. The Bertz CT molecular complexity index is 1410. The third kappa shape index (κ3) is 4.60. The second-order valence-corrected chi connectivity index (χ2v) is 12.2. The number of hydrogen-bond acceptors (Lipinski definition) is 8. The molecule has 2 heterocycles. The molecule has 1 aromatic carbocycles. The van der Waals surface area contributed by atoms with E-state index in [9.17, 15) is 21.6 Å². The van der Waals surface area contributed by atoms with Gasteiger partial charge in [0.15, 0.2) is 20.7 Å². The minimum atomic E-state index is -4.14. The molecule has 0 bridgehead atoms. The summed E-state index contributed by atoms with van der Waals surface area (Å²) in [7, 11) is -7.89. The van der Waals surface area contributed by atoms with Crippen LogP contribution in [0.5, 0.6) is 0 Å². The van der Waals surface area contributed by atoms with Gasteiger partial charge in [-0.2, -0.15) is 0 Å². The van der Waals surface area contributed by atoms with Crippen molar-refractivity contribution < 1.29 is 21.6 Å². The average Bonchev–Trinajstić information content (AvgIpc) is 3.33. The Hall–Kier alpha value is -2.99. The van der Waals surface area contributed by atoms with Crippen LogP contribution in [-0.4, -0.2) is 48.5 Å². The van der Waals surface area contributed by atoms with E-state index >= 15 is 0 Å². The third-order valence-electron chi connectivity index (χ3n) is 5.37. The first-order valence-corrected chi connectivity index (χ1v) is 13.7. The number of rotatable bonds is 7. The fourth-order valence-corrected chi connectivity index (χ4v) is 7.09. The Labute approximate surface area is 185 Å². The van der Waals surface area contributed by atoms with E-state index in [2.05, 4.69) is 14.7 Å². The normalized spacial score (nSPS) is 15.3. The molecular formula is C20H23N5O5S2. The fraction of sp³-hybridized carbons (Fsp3) is 0.350. The summed E-state index contributed by atoms with van der Waals surface area (Å²) in [6.07, 6.45) is 8.12. The van der Waals surface area contributed by atoms with Crippen molar-refractivity contribution in [3.63, 3.8) is 0 Å². The standard InChI is InChI=1S/C20H23N5O5S2/c1-31(27,28)12-32(29,30)24-14-6-4-5-13(9-14)18(26)16-10-25(15-7-2-3-8-15)20-17(16)19(21)22-11-23-20/h4-6,9-11,15,24H,2-3,7-8,12H2,1H3,(H2,21,22,23). The average molecular weight is 478 g/mol. The first-order chi connectivity index (χ1) is 15.0. The maximum absolute atomic E-state index is 13.4. The van der Waals surface area contributed by atoms with Crippen molar-refractivity contribution in [3.8, 4) is 0 Å². The second kappa shape index (κ2) is 8.17. The molecule has 0 spiro atoms. The molecule has 3 aromatic rings. The minimum Gasteiger partial charge on any atom is -0.383 e. The monoisotopic (exact) mass is 477 g/mol. The van der Waals surface area contributed by atoms with Crippen LogP contribution in [0.25, 0.3) is 11.0 Å². The molecule has 32 heavy (non-hydrogen) atoms. The molecule has 4 rings (SSSR count). The van der Waals surface area contributed by atoms with Gasteiger partial charge < -0.3 is 10.3 Å². The summed E-state index contributed by atoms with van der Waals surface area (Å²) in [4.78, 5) is 21.8. The van der Waals surface area contributed by atoms with Crippen LogP contribution < -0.4 is 10.5 Å². The molecule has 3 N–H and O–H groups in total. The molecule has 2 aromatic heterocycles. The maximum atomic E-state index is 13.4. The quantitative estimate of drug-likeness (QED) is 0.490. The number of benzene rings is 1. The Morgan fingerprint density at radius 3 is 2.59 bits per heavy atom. The smallest absolute Gasteiger partial charge is 0.247 e. The predicted octanol–water partition coefficient (Wildman–Crippen LogP) is 2.10. The van der Waals surface area contributed by atoms with Crippen molar-refractivity contribution in [3.05, 3.63) is 47.9 Å². The number of anilines is 2. The lowest BCUT2D eigenvalue weighted by Crippen LogP contribution is -2.22. The van der Waals surface area contributed by atoms with Crippen LogP contribution in [0.4, 0.5) is 11.5 Å². The van der Waals surface area contributed by atoms with Crippen LogP contribution >= 0.6 is 0 Å². The van der Waals surface area contributed by atoms with Gasteiger partial charge in [-0.25, -0.2) is 26.8 Å². The molecule has 1 fully saturated rings. The van der Waals surface area contributed by atoms with E-state index in [1.807, 2.05) is 4.57 Å². The number of nitrogens with one attached hydrogen (secondary N) is 1. The zero-order valence-corrected chi connectivity index (χ0v) is 19.0. The summed E-state index contributed by atoms with van der Waals surface area (Å²) in [5.74, 6) is -0.169. The lowest BCUT2D eigenvalue weighted by molar-refractivity contribution is 0.104. The predicted molar refractivity (Wildman–Crippen MR) is 122 cm³/mol. The SMILES string of the molecule is CS(=O)(=O)CS(=O)(=O)Nc1cccc(C(=O)c2cn(C3CCCC3)c3ncnc(N)c23)c1. The van der Waals surface area contributed by atoms with Gasteiger partial charge in [0.2, 0.25) is 10.0 Å². The Balaban J connectivity index is 1.72. The van der Waals surface area contributed by atoms with Crippen molar-refractivity contribution in [1.29, 1.82) is 0 Å². The first kappa shape index (κ1) is 22.2. The number of nitrogen functional groups attached to an aromatic ring is 1. The third-order valence-corrected chi connectivity index (χ3v) is 8.87. The molecule has 0 unspecified atom stereocenters. The summed E-state index contributed by atoms with van der Waals surface area (Å²) in [5, 5.41) is -0.589. The van der Waals surface area contributed by atoms with Crippen LogP contribution in [0.15, 0.2) is 36.8 Å². The lowest BCUT2D eigenvalue weighted by atomic mass is 10.0. The van der Waals surface area contributed by atoms with Gasteiger partial charge in [-0.3, -0.25) is 9.52 Å². The Morgan fingerprint density at radius 1 is 1.19 bits per heavy atom. The topological polar surface area (TPSA) is 154 Å². The number of nitrogens with two attached hydrogens (primary N) is 1. The van der Waals surface area contributed by atoms with Crippen LogP contribution in [0.2, 0.25) is 0 Å². The van der Waals surface area contributed by atoms with Gasteiger partial charge in [0.25, 0.3) is 0 Å². The van der Waals surface area contributed by atoms with E-state index < -0.39 is 24.9 Å². The minimum absolute atomic E-state index is 0.0863. The zero-order valence-electron chi connectivity index (χ0n) is 17.4. The molecule has 1 saturated carbocycles. The number of carbonyl (C=O) groups is 1. The lowest BCUT2D eigenvalue weighted by Gasteiger charge is -2.12. The summed E-state index contributed by atoms with van der Waals surface area (Å²) in [6.45, 7) is 0. The van der Waals surface area contributed by atoms with Crippen LogP contribution in [0.1, 0.15) is 47.6 Å². The van der Waals surface area contributed by atoms with Gasteiger partial charge >= 0.3 is 0 Å². The molecule has 170 valence electrons. The van der Waals surface area contributed by atoms with Gasteiger partial charge in [0.05, 0.1) is 10.9 Å². The summed E-state index contributed by atoms with van der Waals surface area (Å²) >= 11 is 0. The molecule has 1 aliphatic rings. The number of hydrogen-bond donors (Lipinski definition) is 2. The zero-order chi connectivity index (χ0) is 23.1. The Morgan fingerprint density at radius 2 is 1.91 bits per heavy atom. The van der Waals surface area contributed by atoms with Gasteiger partial charge in [-0.1, -0.05) is 25.0 Å². The molecule has 0 aliphatic heterocycles. The van der Waals surface area contributed by atoms with Gasteiger partial charge in [-0.05, 0) is 25.0 Å². The summed E-state index contributed by atoms with van der Waals surface area (Å²) < 4.78 is 51.2. The van der Waals surface area contributed by atoms with Crippen molar-refractivity contribution in [2.24, 2.45) is 0 Å². The van der Waals surface area contributed by atoms with Gasteiger partial charge in [0, 0.05) is 29.7 Å². The first-order valence-electron chi connectivity index (χ1n) is 9.98. The molecule has 10 nitrogen and oxygen atoms in total. The highest BCUT2D eigenvalue weighted by Crippen LogP contribution is 2.35. The molecule has 0 atom stereocenters. The molecule has 0 amide bonds. The van der Waals surface area contributed by atoms with E-state index in [4.69, 9.17) is 5.73 Å². The highest BCUT2D eigenvalue weighted by molar-refractivity contribution is 8.08. The Kier molecular flexibility index (Phi) is 5.67.